The molecule has 0 spiro atoms. The first kappa shape index (κ1) is 19.3. The van der Waals surface area contributed by atoms with E-state index >= 15 is 0 Å². The summed E-state index contributed by atoms with van der Waals surface area (Å²) < 4.78 is 15.8. The third-order valence-corrected chi connectivity index (χ3v) is 3.45. The highest BCUT2D eigenvalue weighted by Crippen LogP contribution is 2.20. The van der Waals surface area contributed by atoms with E-state index in [1.54, 1.807) is 6.07 Å². The molecule has 2 aromatic rings. The number of unbranched alkanes of at least 4 members (excludes halogenated alkanes) is 2. The van der Waals surface area contributed by atoms with Crippen molar-refractivity contribution in [2.45, 2.75) is 26.2 Å². The van der Waals surface area contributed by atoms with Crippen molar-refractivity contribution in [1.29, 1.82) is 0 Å². The lowest BCUT2D eigenvalue weighted by atomic mass is 10.2. The van der Waals surface area contributed by atoms with Gasteiger partial charge in [-0.2, -0.15) is 15.0 Å². The highest BCUT2D eigenvalue weighted by atomic mass is 16.5. The first-order valence-corrected chi connectivity index (χ1v) is 8.45. The Bertz CT molecular complexity index is 697. The summed E-state index contributed by atoms with van der Waals surface area (Å²) in [6.07, 6.45) is 3.40. The Balaban J connectivity index is 1.98. The van der Waals surface area contributed by atoms with Crippen LogP contribution in [0.25, 0.3) is 0 Å². The molecule has 1 aromatic carbocycles. The molecule has 0 aliphatic heterocycles. The molecule has 8 heteroatoms. The number of nitrogens with one attached hydrogen (secondary N) is 1. The number of nitrogens with zero attached hydrogens (tertiary/aromatic N) is 3. The van der Waals surface area contributed by atoms with Gasteiger partial charge in [-0.3, -0.25) is 0 Å². The number of nitrogens with two attached hydrogens (primary N) is 1. The minimum Gasteiger partial charge on any atom is -0.494 e. The van der Waals surface area contributed by atoms with E-state index in [-0.39, 0.29) is 11.9 Å². The number of aromatic nitrogens is 2. The molecule has 1 heterocycles. The van der Waals surface area contributed by atoms with Crippen molar-refractivity contribution >= 4 is 17.6 Å². The molecule has 0 aliphatic carbocycles. The smallest absolute Gasteiger partial charge is 0.259 e. The van der Waals surface area contributed by atoms with Gasteiger partial charge in [-0.1, -0.05) is 19.8 Å². The van der Waals surface area contributed by atoms with Crippen molar-refractivity contribution in [1.82, 2.24) is 9.97 Å². The van der Waals surface area contributed by atoms with Crippen LogP contribution in [0, 0.1) is 0 Å². The summed E-state index contributed by atoms with van der Waals surface area (Å²) in [5.74, 6) is 1.79. The van der Waals surface area contributed by atoms with Crippen LogP contribution in [0.3, 0.4) is 0 Å². The Morgan fingerprint density at radius 3 is 2.31 bits per heavy atom. The van der Waals surface area contributed by atoms with Crippen LogP contribution in [0.1, 0.15) is 26.2 Å². The standard InChI is InChI=1S/C18H25N5O3/c1-4-5-6-11-26-14-9-7-13(8-10-14)20-17(19)23-18-21-15(24-2)12-16(22-18)25-3/h7-10,12H,4-6,11H2,1-3H3,(H3,19,20,21,22,23). The zero-order valence-corrected chi connectivity index (χ0v) is 15.4. The van der Waals surface area contributed by atoms with Crippen LogP contribution >= 0.6 is 0 Å². The number of guanidine groups is 1. The Morgan fingerprint density at radius 1 is 1.08 bits per heavy atom. The van der Waals surface area contributed by atoms with Gasteiger partial charge in [0.15, 0.2) is 0 Å². The highest BCUT2D eigenvalue weighted by molar-refractivity contribution is 5.93. The molecule has 0 bridgehead atoms. The third kappa shape index (κ3) is 6.12. The average Bonchev–Trinajstić information content (AvgIpc) is 2.66. The molecular formula is C18H25N5O3. The molecule has 140 valence electrons. The predicted octanol–water partition coefficient (Wildman–Crippen LogP) is 3.12. The summed E-state index contributed by atoms with van der Waals surface area (Å²) in [6, 6.07) is 9.05. The highest BCUT2D eigenvalue weighted by Gasteiger charge is 2.05. The number of hydrogen-bond donors (Lipinski definition) is 2. The van der Waals surface area contributed by atoms with E-state index in [9.17, 15) is 0 Å². The molecule has 3 N–H and O–H groups in total. The molecule has 0 radical (unpaired) electrons. The molecule has 2 rings (SSSR count). The molecule has 0 saturated heterocycles. The molecular weight excluding hydrogens is 334 g/mol. The lowest BCUT2D eigenvalue weighted by Crippen LogP contribution is -2.22. The van der Waals surface area contributed by atoms with Crippen LogP contribution in [0.5, 0.6) is 17.5 Å². The lowest BCUT2D eigenvalue weighted by molar-refractivity contribution is 0.306. The second-order valence-corrected chi connectivity index (χ2v) is 5.45. The van der Waals surface area contributed by atoms with Crippen LogP contribution in [0.15, 0.2) is 35.3 Å². The topological polar surface area (TPSA) is 104 Å². The Morgan fingerprint density at radius 2 is 1.73 bits per heavy atom. The molecule has 0 fully saturated rings. The Hall–Kier alpha value is -3.03. The van der Waals surface area contributed by atoms with Gasteiger partial charge >= 0.3 is 0 Å². The van der Waals surface area contributed by atoms with Crippen molar-refractivity contribution in [3.05, 3.63) is 30.3 Å². The van der Waals surface area contributed by atoms with Gasteiger partial charge in [0, 0.05) is 5.69 Å². The van der Waals surface area contributed by atoms with Crippen molar-refractivity contribution in [2.75, 3.05) is 26.1 Å². The van der Waals surface area contributed by atoms with Crippen molar-refractivity contribution in [3.63, 3.8) is 0 Å². The van der Waals surface area contributed by atoms with Gasteiger partial charge in [0.2, 0.25) is 17.7 Å². The van der Waals surface area contributed by atoms with Crippen LogP contribution < -0.4 is 25.3 Å². The molecule has 0 atom stereocenters. The molecule has 26 heavy (non-hydrogen) atoms. The van der Waals surface area contributed by atoms with Crippen LogP contribution in [-0.4, -0.2) is 36.8 Å². The van der Waals surface area contributed by atoms with Gasteiger partial charge in [0.05, 0.1) is 26.9 Å². The van der Waals surface area contributed by atoms with Gasteiger partial charge in [-0.15, -0.1) is 0 Å². The number of hydrogen-bond acceptors (Lipinski definition) is 6. The van der Waals surface area contributed by atoms with Crippen LogP contribution in [0.4, 0.5) is 11.6 Å². The second kappa shape index (κ2) is 10.1. The normalized spacial score (nSPS) is 11.1. The average molecular weight is 359 g/mol. The summed E-state index contributed by atoms with van der Waals surface area (Å²) in [4.78, 5) is 12.3. The SMILES string of the molecule is CCCCCOc1ccc(NC(N)=Nc2nc(OC)cc(OC)n2)cc1. The second-order valence-electron chi connectivity index (χ2n) is 5.45. The maximum atomic E-state index is 5.92. The fourth-order valence-electron chi connectivity index (χ4n) is 2.11. The molecule has 0 amide bonds. The van der Waals surface area contributed by atoms with E-state index in [0.717, 1.165) is 24.5 Å². The van der Waals surface area contributed by atoms with E-state index < -0.39 is 0 Å². The molecule has 0 aliphatic rings. The monoisotopic (exact) mass is 359 g/mol. The fraction of sp³-hybridized carbons (Fsp3) is 0.389. The summed E-state index contributed by atoms with van der Waals surface area (Å²) in [7, 11) is 3.01. The summed E-state index contributed by atoms with van der Waals surface area (Å²) in [5, 5.41) is 2.98. The Kier molecular flexibility index (Phi) is 7.48. The number of aliphatic imine (C=N–C) groups is 1. The lowest BCUT2D eigenvalue weighted by Gasteiger charge is -2.08. The van der Waals surface area contributed by atoms with Gasteiger partial charge in [-0.25, -0.2) is 0 Å². The van der Waals surface area contributed by atoms with E-state index in [4.69, 9.17) is 19.9 Å². The molecule has 0 saturated carbocycles. The van der Waals surface area contributed by atoms with Crippen molar-refractivity contribution in [3.8, 4) is 17.5 Å². The zero-order valence-electron chi connectivity index (χ0n) is 15.4. The maximum Gasteiger partial charge on any atom is 0.259 e. The number of methoxy groups -OCH3 is 2. The minimum atomic E-state index is 0.141. The van der Waals surface area contributed by atoms with E-state index in [1.807, 2.05) is 24.3 Å². The fourth-order valence-corrected chi connectivity index (χ4v) is 2.11. The zero-order chi connectivity index (χ0) is 18.8. The molecule has 8 nitrogen and oxygen atoms in total. The van der Waals surface area contributed by atoms with Gasteiger partial charge in [-0.05, 0) is 30.7 Å². The Labute approximate surface area is 153 Å². The van der Waals surface area contributed by atoms with Gasteiger partial charge in [0.25, 0.3) is 5.95 Å². The summed E-state index contributed by atoms with van der Waals surface area (Å²) >= 11 is 0. The predicted molar refractivity (Wildman–Crippen MR) is 102 cm³/mol. The van der Waals surface area contributed by atoms with Crippen LogP contribution in [0.2, 0.25) is 0 Å². The van der Waals surface area contributed by atoms with Gasteiger partial charge in [0.1, 0.15) is 5.75 Å². The number of benzene rings is 1. The van der Waals surface area contributed by atoms with Gasteiger partial charge < -0.3 is 25.3 Å². The summed E-state index contributed by atoms with van der Waals surface area (Å²) in [6.45, 7) is 2.89. The number of anilines is 1. The minimum absolute atomic E-state index is 0.141. The van der Waals surface area contributed by atoms with Crippen LogP contribution in [-0.2, 0) is 0 Å². The molecule has 1 aromatic heterocycles. The largest absolute Gasteiger partial charge is 0.494 e. The van der Waals surface area contributed by atoms with E-state index in [0.29, 0.717) is 11.8 Å². The first-order chi connectivity index (χ1) is 12.6. The van der Waals surface area contributed by atoms with E-state index in [2.05, 4.69) is 27.2 Å². The first-order valence-electron chi connectivity index (χ1n) is 8.45. The quantitative estimate of drug-likeness (QED) is 0.403. The van der Waals surface area contributed by atoms with Crippen molar-refractivity contribution < 1.29 is 14.2 Å². The molecule has 0 unspecified atom stereocenters. The summed E-state index contributed by atoms with van der Waals surface area (Å²) in [5.41, 5.74) is 6.70. The number of rotatable bonds is 9. The number of ether oxygens (including phenoxy) is 3. The van der Waals surface area contributed by atoms with E-state index in [1.165, 1.54) is 27.1 Å². The third-order valence-electron chi connectivity index (χ3n) is 3.45. The maximum absolute atomic E-state index is 5.92. The van der Waals surface area contributed by atoms with Crippen molar-refractivity contribution in [2.24, 2.45) is 10.7 Å².